The highest BCUT2D eigenvalue weighted by Gasteiger charge is 2.48. The first-order valence-electron chi connectivity index (χ1n) is 10.7. The van der Waals surface area contributed by atoms with Gasteiger partial charge in [0.2, 0.25) is 5.91 Å². The van der Waals surface area contributed by atoms with Crippen LogP contribution >= 0.6 is 0 Å². The molecule has 2 aliphatic heterocycles. The third-order valence-corrected chi connectivity index (χ3v) is 6.64. The zero-order valence-electron chi connectivity index (χ0n) is 17.3. The Hall–Kier alpha value is -2.70. The summed E-state index contributed by atoms with van der Waals surface area (Å²) in [5.74, 6) is 1.15. The quantitative estimate of drug-likeness (QED) is 0.685. The van der Waals surface area contributed by atoms with Crippen LogP contribution in [-0.4, -0.2) is 59.3 Å². The Morgan fingerprint density at radius 3 is 2.73 bits per heavy atom. The van der Waals surface area contributed by atoms with E-state index in [4.69, 9.17) is 4.74 Å². The SMILES string of the molecule is COCCC(=O)N1C[C@@H]2CN(Cc3[nH]nc4ccccc34)C[C@@H]2[C@H]1c1ccccc1. The molecule has 30 heavy (non-hydrogen) atoms. The summed E-state index contributed by atoms with van der Waals surface area (Å²) < 4.78 is 5.15. The lowest BCUT2D eigenvalue weighted by atomic mass is 9.89. The molecule has 0 unspecified atom stereocenters. The fourth-order valence-electron chi connectivity index (χ4n) is 5.29. The maximum Gasteiger partial charge on any atom is 0.225 e. The summed E-state index contributed by atoms with van der Waals surface area (Å²) in [6.45, 7) is 4.17. The lowest BCUT2D eigenvalue weighted by molar-refractivity contribution is -0.133. The fraction of sp³-hybridized carbons (Fsp3) is 0.417. The van der Waals surface area contributed by atoms with E-state index in [2.05, 4.69) is 56.4 Å². The fourth-order valence-corrected chi connectivity index (χ4v) is 5.29. The molecule has 6 heteroatoms. The maximum atomic E-state index is 12.9. The predicted molar refractivity (Wildman–Crippen MR) is 116 cm³/mol. The molecule has 0 bridgehead atoms. The normalized spacial score (nSPS) is 23.9. The van der Waals surface area contributed by atoms with Crippen LogP contribution in [0.5, 0.6) is 0 Å². The lowest BCUT2D eigenvalue weighted by Gasteiger charge is -2.30. The summed E-state index contributed by atoms with van der Waals surface area (Å²) in [6, 6.07) is 18.9. The summed E-state index contributed by atoms with van der Waals surface area (Å²) in [7, 11) is 1.65. The van der Waals surface area contributed by atoms with E-state index in [1.165, 1.54) is 16.6 Å². The van der Waals surface area contributed by atoms with Gasteiger partial charge in [-0.05, 0) is 17.5 Å². The number of hydrogen-bond donors (Lipinski definition) is 1. The molecule has 0 aliphatic carbocycles. The molecule has 2 aromatic carbocycles. The number of aromatic amines is 1. The summed E-state index contributed by atoms with van der Waals surface area (Å²) in [5, 5.41) is 8.87. The highest BCUT2D eigenvalue weighted by Crippen LogP contribution is 2.45. The summed E-state index contributed by atoms with van der Waals surface area (Å²) in [5.41, 5.74) is 3.43. The number of carbonyl (C=O) groups excluding carboxylic acids is 1. The van der Waals surface area contributed by atoms with Crippen LogP contribution in [0.15, 0.2) is 54.6 Å². The number of methoxy groups -OCH3 is 1. The van der Waals surface area contributed by atoms with E-state index >= 15 is 0 Å². The monoisotopic (exact) mass is 404 g/mol. The van der Waals surface area contributed by atoms with E-state index in [0.29, 0.717) is 24.9 Å². The molecule has 5 rings (SSSR count). The molecular weight excluding hydrogens is 376 g/mol. The molecule has 0 radical (unpaired) electrons. The Bertz CT molecular complexity index is 1020. The molecule has 0 spiro atoms. The number of fused-ring (bicyclic) bond motifs is 2. The van der Waals surface area contributed by atoms with E-state index in [1.54, 1.807) is 7.11 Å². The van der Waals surface area contributed by atoms with Crippen molar-refractivity contribution >= 4 is 16.8 Å². The van der Waals surface area contributed by atoms with Gasteiger partial charge in [-0.2, -0.15) is 5.10 Å². The first-order valence-corrected chi connectivity index (χ1v) is 10.7. The molecule has 156 valence electrons. The number of ether oxygens (including phenoxy) is 1. The average Bonchev–Trinajstić information content (AvgIpc) is 3.46. The highest BCUT2D eigenvalue weighted by molar-refractivity contribution is 5.81. The van der Waals surface area contributed by atoms with Crippen molar-refractivity contribution in [2.75, 3.05) is 33.4 Å². The van der Waals surface area contributed by atoms with Crippen LogP contribution in [0.1, 0.15) is 23.7 Å². The summed E-state index contributed by atoms with van der Waals surface area (Å²) in [6.07, 6.45) is 0.448. The molecule has 2 aliphatic rings. The molecule has 0 saturated carbocycles. The zero-order chi connectivity index (χ0) is 20.5. The number of likely N-dealkylation sites (tertiary alicyclic amines) is 2. The van der Waals surface area contributed by atoms with Crippen molar-refractivity contribution in [2.24, 2.45) is 11.8 Å². The Labute approximate surface area is 176 Å². The van der Waals surface area contributed by atoms with Crippen LogP contribution in [0.25, 0.3) is 10.9 Å². The van der Waals surface area contributed by atoms with Crippen LogP contribution in [0.4, 0.5) is 0 Å². The van der Waals surface area contributed by atoms with Gasteiger partial charge < -0.3 is 9.64 Å². The van der Waals surface area contributed by atoms with E-state index < -0.39 is 0 Å². The van der Waals surface area contributed by atoms with E-state index in [0.717, 1.165) is 31.7 Å². The molecule has 2 saturated heterocycles. The minimum Gasteiger partial charge on any atom is -0.384 e. The summed E-state index contributed by atoms with van der Waals surface area (Å²) in [4.78, 5) is 17.5. The second kappa shape index (κ2) is 8.20. The number of hydrogen-bond acceptors (Lipinski definition) is 4. The van der Waals surface area contributed by atoms with Crippen LogP contribution in [0, 0.1) is 11.8 Å². The number of aromatic nitrogens is 2. The van der Waals surface area contributed by atoms with E-state index in [1.807, 2.05) is 18.2 Å². The molecule has 3 aromatic rings. The number of carbonyl (C=O) groups is 1. The van der Waals surface area contributed by atoms with Crippen molar-refractivity contribution < 1.29 is 9.53 Å². The van der Waals surface area contributed by atoms with Gasteiger partial charge in [0, 0.05) is 44.6 Å². The Kier molecular flexibility index (Phi) is 5.27. The van der Waals surface area contributed by atoms with Gasteiger partial charge in [0.1, 0.15) is 0 Å². The largest absolute Gasteiger partial charge is 0.384 e. The van der Waals surface area contributed by atoms with Crippen molar-refractivity contribution in [1.29, 1.82) is 0 Å². The number of H-pyrrole nitrogens is 1. The predicted octanol–water partition coefficient (Wildman–Crippen LogP) is 3.23. The minimum absolute atomic E-state index is 0.143. The molecule has 1 N–H and O–H groups in total. The Morgan fingerprint density at radius 1 is 1.10 bits per heavy atom. The van der Waals surface area contributed by atoms with Gasteiger partial charge in [-0.3, -0.25) is 14.8 Å². The van der Waals surface area contributed by atoms with Crippen LogP contribution in [-0.2, 0) is 16.1 Å². The molecule has 2 fully saturated rings. The van der Waals surface area contributed by atoms with Gasteiger partial charge in [-0.25, -0.2) is 0 Å². The third-order valence-electron chi connectivity index (χ3n) is 6.64. The molecule has 1 amide bonds. The first-order chi connectivity index (χ1) is 14.7. The first kappa shape index (κ1) is 19.3. The van der Waals surface area contributed by atoms with Gasteiger partial charge >= 0.3 is 0 Å². The Morgan fingerprint density at radius 2 is 1.90 bits per heavy atom. The molecule has 3 heterocycles. The van der Waals surface area contributed by atoms with E-state index in [9.17, 15) is 4.79 Å². The van der Waals surface area contributed by atoms with Crippen molar-refractivity contribution in [3.05, 3.63) is 65.9 Å². The standard InChI is InChI=1S/C24H28N4O2/c1-30-12-11-23(29)28-14-18-13-27(15-20(18)24(28)17-7-3-2-4-8-17)16-22-19-9-5-6-10-21(19)25-26-22/h2-10,18,20,24H,11-16H2,1H3,(H,25,26)/t18-,20-,24+/m0/s1. The van der Waals surface area contributed by atoms with E-state index in [-0.39, 0.29) is 11.9 Å². The topological polar surface area (TPSA) is 61.5 Å². The van der Waals surface area contributed by atoms with Gasteiger partial charge in [0.05, 0.1) is 30.3 Å². The smallest absolute Gasteiger partial charge is 0.225 e. The molecular formula is C24H28N4O2. The van der Waals surface area contributed by atoms with Crippen molar-refractivity contribution in [1.82, 2.24) is 20.0 Å². The number of rotatable bonds is 6. The average molecular weight is 405 g/mol. The molecule has 1 aromatic heterocycles. The van der Waals surface area contributed by atoms with Crippen molar-refractivity contribution in [2.45, 2.75) is 19.0 Å². The second-order valence-corrected chi connectivity index (χ2v) is 8.48. The van der Waals surface area contributed by atoms with Crippen molar-refractivity contribution in [3.8, 4) is 0 Å². The van der Waals surface area contributed by atoms with Gasteiger partial charge in [-0.15, -0.1) is 0 Å². The van der Waals surface area contributed by atoms with Gasteiger partial charge in [-0.1, -0.05) is 48.5 Å². The van der Waals surface area contributed by atoms with Crippen LogP contribution in [0.2, 0.25) is 0 Å². The van der Waals surface area contributed by atoms with Crippen LogP contribution < -0.4 is 0 Å². The van der Waals surface area contributed by atoms with Gasteiger partial charge in [0.15, 0.2) is 0 Å². The number of para-hydroxylation sites is 1. The lowest BCUT2D eigenvalue weighted by Crippen LogP contribution is -2.36. The molecule has 6 nitrogen and oxygen atoms in total. The minimum atomic E-state index is 0.143. The number of nitrogens with one attached hydrogen (secondary N) is 1. The number of amides is 1. The van der Waals surface area contributed by atoms with Crippen LogP contribution in [0.3, 0.4) is 0 Å². The van der Waals surface area contributed by atoms with Gasteiger partial charge in [0.25, 0.3) is 0 Å². The maximum absolute atomic E-state index is 12.9. The second-order valence-electron chi connectivity index (χ2n) is 8.48. The summed E-state index contributed by atoms with van der Waals surface area (Å²) >= 11 is 0. The highest BCUT2D eigenvalue weighted by atomic mass is 16.5. The third kappa shape index (κ3) is 3.50. The zero-order valence-corrected chi connectivity index (χ0v) is 17.3. The number of benzene rings is 2. The Balaban J connectivity index is 1.36. The van der Waals surface area contributed by atoms with Crippen molar-refractivity contribution in [3.63, 3.8) is 0 Å². The molecule has 3 atom stereocenters. The number of nitrogens with zero attached hydrogens (tertiary/aromatic N) is 3.